The fourth-order valence-electron chi connectivity index (χ4n) is 2.89. The number of fused-ring (bicyclic) bond motifs is 1. The summed E-state index contributed by atoms with van der Waals surface area (Å²) in [6.07, 6.45) is 0.737. The summed E-state index contributed by atoms with van der Waals surface area (Å²) >= 11 is 1.75. The highest BCUT2D eigenvalue weighted by atomic mass is 32.1. The lowest BCUT2D eigenvalue weighted by Gasteiger charge is -2.09. The molecular weight excluding hydrogens is 300 g/mol. The van der Waals surface area contributed by atoms with Gasteiger partial charge >= 0.3 is 0 Å². The third-order valence-electron chi connectivity index (χ3n) is 4.14. The topological polar surface area (TPSA) is 20.2 Å². The molecule has 0 amide bonds. The standard InChI is InChI=1S/C21H16OS/c22-21-18(12-11-16-4-1-2-5-19(16)21)14-15-7-9-17(10-8-15)20-6-3-13-23-20/h1-13,22H,14H2. The number of aromatic hydroxyl groups is 1. The molecule has 0 saturated carbocycles. The fourth-order valence-corrected chi connectivity index (χ4v) is 3.63. The molecule has 0 radical (unpaired) electrons. The Balaban J connectivity index is 1.64. The van der Waals surface area contributed by atoms with Gasteiger partial charge in [0.05, 0.1) is 0 Å². The number of phenols is 1. The Kier molecular flexibility index (Phi) is 3.60. The monoisotopic (exact) mass is 316 g/mol. The molecule has 2 heteroatoms. The van der Waals surface area contributed by atoms with E-state index in [1.54, 1.807) is 11.3 Å². The first-order chi connectivity index (χ1) is 11.3. The second-order valence-corrected chi connectivity index (χ2v) is 6.59. The van der Waals surface area contributed by atoms with E-state index in [0.29, 0.717) is 5.75 Å². The molecule has 3 aromatic carbocycles. The summed E-state index contributed by atoms with van der Waals surface area (Å²) in [6.45, 7) is 0. The summed E-state index contributed by atoms with van der Waals surface area (Å²) in [6, 6.07) is 24.8. The second-order valence-electron chi connectivity index (χ2n) is 5.65. The molecule has 0 fully saturated rings. The SMILES string of the molecule is Oc1c(Cc2ccc(-c3cccs3)cc2)ccc2ccccc12. The first-order valence-corrected chi connectivity index (χ1v) is 8.51. The van der Waals surface area contributed by atoms with Crippen LogP contribution in [0.2, 0.25) is 0 Å². The number of hydrogen-bond acceptors (Lipinski definition) is 2. The minimum atomic E-state index is 0.394. The number of thiophene rings is 1. The summed E-state index contributed by atoms with van der Waals surface area (Å²) in [4.78, 5) is 1.28. The predicted octanol–water partition coefficient (Wildman–Crippen LogP) is 5.86. The molecule has 0 aliphatic carbocycles. The van der Waals surface area contributed by atoms with Crippen LogP contribution >= 0.6 is 11.3 Å². The van der Waals surface area contributed by atoms with E-state index >= 15 is 0 Å². The Morgan fingerprint density at radius 1 is 0.783 bits per heavy atom. The molecule has 0 aliphatic rings. The maximum Gasteiger partial charge on any atom is 0.126 e. The smallest absolute Gasteiger partial charge is 0.126 e. The number of phenolic OH excluding ortho intramolecular Hbond substituents is 1. The van der Waals surface area contributed by atoms with E-state index in [2.05, 4.69) is 47.8 Å². The Morgan fingerprint density at radius 2 is 1.61 bits per heavy atom. The van der Waals surface area contributed by atoms with Crippen molar-refractivity contribution in [3.05, 3.63) is 89.3 Å². The molecule has 112 valence electrons. The van der Waals surface area contributed by atoms with Crippen molar-refractivity contribution in [1.29, 1.82) is 0 Å². The van der Waals surface area contributed by atoms with Crippen LogP contribution in [0.5, 0.6) is 5.75 Å². The van der Waals surface area contributed by atoms with Crippen molar-refractivity contribution in [2.75, 3.05) is 0 Å². The van der Waals surface area contributed by atoms with Crippen LogP contribution in [-0.2, 0) is 6.42 Å². The van der Waals surface area contributed by atoms with E-state index in [0.717, 1.165) is 22.8 Å². The van der Waals surface area contributed by atoms with Gasteiger partial charge in [0.2, 0.25) is 0 Å². The third kappa shape index (κ3) is 2.73. The van der Waals surface area contributed by atoms with Crippen LogP contribution in [0, 0.1) is 0 Å². The Bertz CT molecular complexity index is 937. The zero-order valence-corrected chi connectivity index (χ0v) is 13.4. The highest BCUT2D eigenvalue weighted by Gasteiger charge is 2.07. The molecule has 0 aliphatic heterocycles. The van der Waals surface area contributed by atoms with E-state index in [-0.39, 0.29) is 0 Å². The lowest BCUT2D eigenvalue weighted by molar-refractivity contribution is 0.476. The van der Waals surface area contributed by atoms with Gasteiger partial charge < -0.3 is 5.11 Å². The number of rotatable bonds is 3. The summed E-state index contributed by atoms with van der Waals surface area (Å²) < 4.78 is 0. The highest BCUT2D eigenvalue weighted by molar-refractivity contribution is 7.13. The van der Waals surface area contributed by atoms with Gasteiger partial charge in [0.1, 0.15) is 5.75 Å². The van der Waals surface area contributed by atoms with Crippen LogP contribution in [-0.4, -0.2) is 5.11 Å². The van der Waals surface area contributed by atoms with Crippen LogP contribution in [0.4, 0.5) is 0 Å². The largest absolute Gasteiger partial charge is 0.507 e. The van der Waals surface area contributed by atoms with Crippen LogP contribution < -0.4 is 0 Å². The van der Waals surface area contributed by atoms with Gasteiger partial charge in [0.25, 0.3) is 0 Å². The highest BCUT2D eigenvalue weighted by Crippen LogP contribution is 2.31. The molecule has 0 spiro atoms. The van der Waals surface area contributed by atoms with Gasteiger partial charge in [-0.1, -0.05) is 66.7 Å². The average Bonchev–Trinajstić information content (AvgIpc) is 3.13. The van der Waals surface area contributed by atoms with E-state index in [4.69, 9.17) is 0 Å². The van der Waals surface area contributed by atoms with Gasteiger partial charge in [-0.15, -0.1) is 11.3 Å². The molecule has 4 rings (SSSR count). The molecule has 1 nitrogen and oxygen atoms in total. The van der Waals surface area contributed by atoms with Crippen LogP contribution in [0.1, 0.15) is 11.1 Å². The van der Waals surface area contributed by atoms with Gasteiger partial charge in [-0.3, -0.25) is 0 Å². The first kappa shape index (κ1) is 14.0. The molecular formula is C21H16OS. The molecule has 0 unspecified atom stereocenters. The minimum absolute atomic E-state index is 0.394. The van der Waals surface area contributed by atoms with Crippen LogP contribution in [0.15, 0.2) is 78.2 Å². The van der Waals surface area contributed by atoms with Crippen molar-refractivity contribution >= 4 is 22.1 Å². The normalized spacial score (nSPS) is 11.0. The summed E-state index contributed by atoms with van der Waals surface area (Å²) in [7, 11) is 0. The van der Waals surface area contributed by atoms with E-state index < -0.39 is 0 Å². The lowest BCUT2D eigenvalue weighted by atomic mass is 9.99. The molecule has 0 bridgehead atoms. The maximum absolute atomic E-state index is 10.5. The lowest BCUT2D eigenvalue weighted by Crippen LogP contribution is -1.90. The minimum Gasteiger partial charge on any atom is -0.507 e. The Labute approximate surface area is 139 Å². The van der Waals surface area contributed by atoms with Gasteiger partial charge in [0.15, 0.2) is 0 Å². The summed E-state index contributed by atoms with van der Waals surface area (Å²) in [5.74, 6) is 0.394. The van der Waals surface area contributed by atoms with Crippen molar-refractivity contribution in [3.8, 4) is 16.2 Å². The molecule has 23 heavy (non-hydrogen) atoms. The van der Waals surface area contributed by atoms with Crippen LogP contribution in [0.3, 0.4) is 0 Å². The van der Waals surface area contributed by atoms with E-state index in [1.165, 1.54) is 16.0 Å². The molecule has 1 heterocycles. The quantitative estimate of drug-likeness (QED) is 0.501. The Morgan fingerprint density at radius 3 is 2.39 bits per heavy atom. The number of hydrogen-bond donors (Lipinski definition) is 1. The predicted molar refractivity (Wildman–Crippen MR) is 98.2 cm³/mol. The van der Waals surface area contributed by atoms with Crippen molar-refractivity contribution in [1.82, 2.24) is 0 Å². The van der Waals surface area contributed by atoms with Crippen molar-refractivity contribution in [2.24, 2.45) is 0 Å². The van der Waals surface area contributed by atoms with Gasteiger partial charge in [-0.25, -0.2) is 0 Å². The zero-order valence-electron chi connectivity index (χ0n) is 12.6. The fraction of sp³-hybridized carbons (Fsp3) is 0.0476. The molecule has 0 saturated heterocycles. The van der Waals surface area contributed by atoms with Crippen LogP contribution in [0.25, 0.3) is 21.2 Å². The maximum atomic E-state index is 10.5. The molecule has 1 N–H and O–H groups in total. The number of benzene rings is 3. The molecule has 0 atom stereocenters. The van der Waals surface area contributed by atoms with Crippen molar-refractivity contribution in [3.63, 3.8) is 0 Å². The van der Waals surface area contributed by atoms with Gasteiger partial charge in [-0.05, 0) is 33.5 Å². The third-order valence-corrected chi connectivity index (χ3v) is 5.06. The van der Waals surface area contributed by atoms with E-state index in [9.17, 15) is 5.11 Å². The van der Waals surface area contributed by atoms with Crippen molar-refractivity contribution in [2.45, 2.75) is 6.42 Å². The zero-order chi connectivity index (χ0) is 15.6. The second kappa shape index (κ2) is 5.90. The summed E-state index contributed by atoms with van der Waals surface area (Å²) in [5.41, 5.74) is 3.41. The van der Waals surface area contributed by atoms with E-state index in [1.807, 2.05) is 30.3 Å². The van der Waals surface area contributed by atoms with Gasteiger partial charge in [-0.2, -0.15) is 0 Å². The first-order valence-electron chi connectivity index (χ1n) is 7.64. The average molecular weight is 316 g/mol. The molecule has 4 aromatic rings. The van der Waals surface area contributed by atoms with Crippen molar-refractivity contribution < 1.29 is 5.11 Å². The molecule has 1 aromatic heterocycles. The van der Waals surface area contributed by atoms with Gasteiger partial charge in [0, 0.05) is 16.7 Å². The Hall–Kier alpha value is -2.58. The summed E-state index contributed by atoms with van der Waals surface area (Å²) in [5, 5.41) is 14.6.